The molecular formula is C22H28Br2N4O4. The number of carbonyl (C=O) groups is 2. The molecule has 1 aliphatic rings. The lowest BCUT2D eigenvalue weighted by Crippen LogP contribution is -2.54. The molecule has 1 aromatic heterocycles. The Morgan fingerprint density at radius 3 is 2.47 bits per heavy atom. The molecule has 10 heteroatoms. The van der Waals surface area contributed by atoms with Gasteiger partial charge in [0.25, 0.3) is 0 Å². The number of hydrogen-bond acceptors (Lipinski definition) is 6. The molecular weight excluding hydrogens is 544 g/mol. The van der Waals surface area contributed by atoms with Gasteiger partial charge >= 0.3 is 6.09 Å². The SMILES string of the molecule is C[C@H](NC(=O)OC(C)(C)C)C(=O)N1CCN(Cc2ccc3c(Br)cc(Br)c(O)c3n2)CC1. The summed E-state index contributed by atoms with van der Waals surface area (Å²) < 4.78 is 6.67. The maximum Gasteiger partial charge on any atom is 0.408 e. The second kappa shape index (κ2) is 9.93. The molecule has 0 aliphatic carbocycles. The molecule has 8 nitrogen and oxygen atoms in total. The number of phenolic OH excluding ortho intramolecular Hbond substituents is 1. The molecule has 1 fully saturated rings. The average molecular weight is 572 g/mol. The molecule has 3 rings (SSSR count). The van der Waals surface area contributed by atoms with Gasteiger partial charge in [0.1, 0.15) is 17.2 Å². The fourth-order valence-electron chi connectivity index (χ4n) is 3.51. The minimum absolute atomic E-state index is 0.118. The zero-order valence-corrected chi connectivity index (χ0v) is 21.8. The van der Waals surface area contributed by atoms with E-state index in [-0.39, 0.29) is 11.7 Å². The largest absolute Gasteiger partial charge is 0.505 e. The summed E-state index contributed by atoms with van der Waals surface area (Å²) in [5.41, 5.74) is 0.773. The van der Waals surface area contributed by atoms with Gasteiger partial charge in [-0.1, -0.05) is 15.9 Å². The summed E-state index contributed by atoms with van der Waals surface area (Å²) in [6.45, 7) is 10.1. The minimum atomic E-state index is -0.654. The molecule has 2 heterocycles. The number of benzene rings is 1. The number of carbonyl (C=O) groups excluding carboxylic acids is 2. The van der Waals surface area contributed by atoms with E-state index in [1.54, 1.807) is 38.7 Å². The Bertz CT molecular complexity index is 1020. The third-order valence-corrected chi connectivity index (χ3v) is 6.35. The van der Waals surface area contributed by atoms with Crippen LogP contribution in [-0.2, 0) is 16.1 Å². The molecule has 1 saturated heterocycles. The van der Waals surface area contributed by atoms with Crippen molar-refractivity contribution in [3.63, 3.8) is 0 Å². The summed E-state index contributed by atoms with van der Waals surface area (Å²) >= 11 is 6.85. The molecule has 0 saturated carbocycles. The van der Waals surface area contributed by atoms with E-state index in [9.17, 15) is 14.7 Å². The Kier molecular flexibility index (Phi) is 7.67. The van der Waals surface area contributed by atoms with Crippen LogP contribution >= 0.6 is 31.9 Å². The number of hydrogen-bond donors (Lipinski definition) is 2. The van der Waals surface area contributed by atoms with Gasteiger partial charge in [0.15, 0.2) is 5.75 Å². The number of alkyl carbamates (subject to hydrolysis) is 1. The van der Waals surface area contributed by atoms with Crippen LogP contribution in [0.25, 0.3) is 10.9 Å². The molecule has 174 valence electrons. The fourth-order valence-corrected chi connectivity index (χ4v) is 4.78. The zero-order chi connectivity index (χ0) is 23.6. The van der Waals surface area contributed by atoms with Crippen LogP contribution in [-0.4, -0.2) is 69.7 Å². The van der Waals surface area contributed by atoms with E-state index >= 15 is 0 Å². The zero-order valence-electron chi connectivity index (χ0n) is 18.6. The van der Waals surface area contributed by atoms with Crippen molar-refractivity contribution < 1.29 is 19.4 Å². The van der Waals surface area contributed by atoms with Gasteiger partial charge in [0.2, 0.25) is 5.91 Å². The lowest BCUT2D eigenvalue weighted by Gasteiger charge is -2.36. The first kappa shape index (κ1) is 24.7. The third kappa shape index (κ3) is 6.11. The lowest BCUT2D eigenvalue weighted by molar-refractivity contribution is -0.134. The molecule has 32 heavy (non-hydrogen) atoms. The monoisotopic (exact) mass is 570 g/mol. The average Bonchev–Trinajstić information content (AvgIpc) is 2.70. The standard InChI is InChI=1S/C22H28Br2N4O4/c1-13(25-21(31)32-22(2,3)4)20(30)28-9-7-27(8-10-28)12-14-5-6-15-16(23)11-17(24)19(29)18(15)26-14/h5-6,11,13,29H,7-10,12H2,1-4H3,(H,25,31)/t13-/m0/s1. The smallest absolute Gasteiger partial charge is 0.408 e. The van der Waals surface area contributed by atoms with Crippen molar-refractivity contribution in [2.45, 2.75) is 45.9 Å². The number of aromatic hydroxyl groups is 1. The molecule has 2 amide bonds. The topological polar surface area (TPSA) is 95.0 Å². The van der Waals surface area contributed by atoms with Crippen molar-refractivity contribution in [1.82, 2.24) is 20.1 Å². The molecule has 1 atom stereocenters. The number of pyridine rings is 1. The Morgan fingerprint density at radius 2 is 1.84 bits per heavy atom. The van der Waals surface area contributed by atoms with Gasteiger partial charge in [-0.2, -0.15) is 0 Å². The van der Waals surface area contributed by atoms with Gasteiger partial charge in [-0.3, -0.25) is 9.69 Å². The number of phenols is 1. The highest BCUT2D eigenvalue weighted by molar-refractivity contribution is 9.11. The Morgan fingerprint density at radius 1 is 1.19 bits per heavy atom. The van der Waals surface area contributed by atoms with E-state index in [4.69, 9.17) is 4.74 Å². The summed E-state index contributed by atoms with van der Waals surface area (Å²) in [5, 5.41) is 13.8. The molecule has 1 aromatic carbocycles. The maximum absolute atomic E-state index is 12.7. The highest BCUT2D eigenvalue weighted by Crippen LogP contribution is 2.36. The molecule has 1 aliphatic heterocycles. The molecule has 0 unspecified atom stereocenters. The molecule has 0 bridgehead atoms. The van der Waals surface area contributed by atoms with E-state index in [2.05, 4.69) is 47.1 Å². The molecule has 0 radical (unpaired) electrons. The van der Waals surface area contributed by atoms with E-state index in [1.165, 1.54) is 0 Å². The first-order valence-corrected chi connectivity index (χ1v) is 12.0. The molecule has 2 aromatic rings. The quantitative estimate of drug-likeness (QED) is 0.575. The Hall–Kier alpha value is -1.91. The number of piperazine rings is 1. The highest BCUT2D eigenvalue weighted by atomic mass is 79.9. The van der Waals surface area contributed by atoms with Crippen molar-refractivity contribution >= 4 is 54.8 Å². The van der Waals surface area contributed by atoms with E-state index in [0.29, 0.717) is 42.7 Å². The number of nitrogens with zero attached hydrogens (tertiary/aromatic N) is 3. The normalized spacial score (nSPS) is 16.1. The number of rotatable bonds is 4. The first-order chi connectivity index (χ1) is 14.9. The lowest BCUT2D eigenvalue weighted by atomic mass is 10.1. The van der Waals surface area contributed by atoms with Crippen molar-refractivity contribution in [2.75, 3.05) is 26.2 Å². The number of ether oxygens (including phenoxy) is 1. The van der Waals surface area contributed by atoms with Crippen LogP contribution in [0.3, 0.4) is 0 Å². The van der Waals surface area contributed by atoms with Crippen LogP contribution in [0.2, 0.25) is 0 Å². The van der Waals surface area contributed by atoms with E-state index in [0.717, 1.165) is 15.6 Å². The van der Waals surface area contributed by atoms with Gasteiger partial charge < -0.3 is 20.1 Å². The van der Waals surface area contributed by atoms with Crippen LogP contribution in [0.5, 0.6) is 5.75 Å². The molecule has 0 spiro atoms. The summed E-state index contributed by atoms with van der Waals surface area (Å²) in [6.07, 6.45) is -0.596. The number of halogens is 2. The fraction of sp³-hybridized carbons (Fsp3) is 0.500. The van der Waals surface area contributed by atoms with Gasteiger partial charge in [-0.15, -0.1) is 0 Å². The predicted octanol–water partition coefficient (Wildman–Crippen LogP) is 4.02. The third-order valence-electron chi connectivity index (χ3n) is 5.09. The number of aromatic nitrogens is 1. The predicted molar refractivity (Wildman–Crippen MR) is 129 cm³/mol. The summed E-state index contributed by atoms with van der Waals surface area (Å²) in [6, 6.07) is 5.04. The summed E-state index contributed by atoms with van der Waals surface area (Å²) in [7, 11) is 0. The maximum atomic E-state index is 12.7. The van der Waals surface area contributed by atoms with Crippen LogP contribution in [0.1, 0.15) is 33.4 Å². The Balaban J connectivity index is 1.56. The minimum Gasteiger partial charge on any atom is -0.505 e. The van der Waals surface area contributed by atoms with Crippen LogP contribution in [0.15, 0.2) is 27.1 Å². The molecule has 2 N–H and O–H groups in total. The van der Waals surface area contributed by atoms with Crippen LogP contribution < -0.4 is 5.32 Å². The highest BCUT2D eigenvalue weighted by Gasteiger charge is 2.27. The van der Waals surface area contributed by atoms with Crippen LogP contribution in [0.4, 0.5) is 4.79 Å². The van der Waals surface area contributed by atoms with Crippen molar-refractivity contribution in [2.24, 2.45) is 0 Å². The van der Waals surface area contributed by atoms with Gasteiger partial charge in [0, 0.05) is 42.6 Å². The number of nitrogens with one attached hydrogen (secondary N) is 1. The van der Waals surface area contributed by atoms with Crippen molar-refractivity contribution in [1.29, 1.82) is 0 Å². The number of fused-ring (bicyclic) bond motifs is 1. The summed E-state index contributed by atoms with van der Waals surface area (Å²) in [5.74, 6) is -0.00842. The van der Waals surface area contributed by atoms with Gasteiger partial charge in [0.05, 0.1) is 10.2 Å². The van der Waals surface area contributed by atoms with Gasteiger partial charge in [-0.25, -0.2) is 9.78 Å². The second-order valence-corrected chi connectivity index (χ2v) is 10.6. The van der Waals surface area contributed by atoms with Crippen molar-refractivity contribution in [3.05, 3.63) is 32.8 Å². The van der Waals surface area contributed by atoms with Gasteiger partial charge in [-0.05, 0) is 61.8 Å². The first-order valence-electron chi connectivity index (χ1n) is 10.4. The Labute approximate surface area is 204 Å². The van der Waals surface area contributed by atoms with E-state index < -0.39 is 17.7 Å². The second-order valence-electron chi connectivity index (χ2n) is 8.86. The van der Waals surface area contributed by atoms with Crippen LogP contribution in [0, 0.1) is 0 Å². The van der Waals surface area contributed by atoms with Crippen molar-refractivity contribution in [3.8, 4) is 5.75 Å². The number of amides is 2. The van der Waals surface area contributed by atoms with E-state index in [1.807, 2.05) is 12.1 Å². The summed E-state index contributed by atoms with van der Waals surface area (Å²) in [4.78, 5) is 33.2.